The molecule has 0 bridgehead atoms. The third kappa shape index (κ3) is 2.80. The lowest BCUT2D eigenvalue weighted by atomic mass is 10.2. The number of pyridine rings is 1. The summed E-state index contributed by atoms with van der Waals surface area (Å²) in [6, 6.07) is 5.60. The summed E-state index contributed by atoms with van der Waals surface area (Å²) in [5, 5.41) is 7.06. The maximum absolute atomic E-state index is 12.5. The van der Waals surface area contributed by atoms with Crippen molar-refractivity contribution in [2.75, 3.05) is 20.1 Å². The number of nitrogens with zero attached hydrogens (tertiary/aromatic N) is 3. The van der Waals surface area contributed by atoms with Crippen molar-refractivity contribution in [3.05, 3.63) is 36.3 Å². The predicted octanol–water partition coefficient (Wildman–Crippen LogP) is 1.56. The highest BCUT2D eigenvalue weighted by molar-refractivity contribution is 5.93. The molecule has 1 aliphatic heterocycles. The SMILES string of the molecule is CNC[C@H]1CCCN1C(=O)c1cc(-c2ccncc2)on1. The average molecular weight is 286 g/mol. The van der Waals surface area contributed by atoms with Crippen LogP contribution in [-0.4, -0.2) is 47.1 Å². The fourth-order valence-corrected chi connectivity index (χ4v) is 2.73. The molecule has 0 aliphatic carbocycles. The van der Waals surface area contributed by atoms with Gasteiger partial charge in [0, 0.05) is 43.2 Å². The molecule has 0 spiro atoms. The zero-order valence-electron chi connectivity index (χ0n) is 12.0. The molecule has 0 aromatic carbocycles. The lowest BCUT2D eigenvalue weighted by Crippen LogP contribution is -2.40. The van der Waals surface area contributed by atoms with Crippen LogP contribution in [-0.2, 0) is 0 Å². The smallest absolute Gasteiger partial charge is 0.276 e. The van der Waals surface area contributed by atoms with Crippen LogP contribution in [0.4, 0.5) is 0 Å². The Morgan fingerprint density at radius 2 is 2.29 bits per heavy atom. The first kappa shape index (κ1) is 13.8. The van der Waals surface area contributed by atoms with E-state index >= 15 is 0 Å². The van der Waals surface area contributed by atoms with Crippen molar-refractivity contribution in [2.45, 2.75) is 18.9 Å². The maximum Gasteiger partial charge on any atom is 0.276 e. The minimum Gasteiger partial charge on any atom is -0.355 e. The Bertz CT molecular complexity index is 611. The molecule has 110 valence electrons. The summed E-state index contributed by atoms with van der Waals surface area (Å²) in [6.07, 6.45) is 5.43. The number of hydrogen-bond acceptors (Lipinski definition) is 5. The van der Waals surface area contributed by atoms with Crippen LogP contribution in [0, 0.1) is 0 Å². The molecule has 21 heavy (non-hydrogen) atoms. The number of carbonyl (C=O) groups excluding carboxylic acids is 1. The number of nitrogens with one attached hydrogen (secondary N) is 1. The van der Waals surface area contributed by atoms with E-state index in [0.717, 1.165) is 31.5 Å². The largest absolute Gasteiger partial charge is 0.355 e. The molecule has 0 saturated carbocycles. The molecular formula is C15H18N4O2. The summed E-state index contributed by atoms with van der Waals surface area (Å²) in [5.41, 5.74) is 1.23. The molecule has 1 aliphatic rings. The van der Waals surface area contributed by atoms with Gasteiger partial charge in [0.2, 0.25) is 0 Å². The van der Waals surface area contributed by atoms with Crippen LogP contribution in [0.1, 0.15) is 23.3 Å². The topological polar surface area (TPSA) is 71.3 Å². The second kappa shape index (κ2) is 6.05. The molecule has 1 N–H and O–H groups in total. The van der Waals surface area contributed by atoms with Gasteiger partial charge in [-0.3, -0.25) is 9.78 Å². The zero-order valence-corrected chi connectivity index (χ0v) is 12.0. The number of likely N-dealkylation sites (tertiary alicyclic amines) is 1. The molecule has 1 fully saturated rings. The van der Waals surface area contributed by atoms with Crippen LogP contribution in [0.5, 0.6) is 0 Å². The van der Waals surface area contributed by atoms with Crippen molar-refractivity contribution < 1.29 is 9.32 Å². The van der Waals surface area contributed by atoms with E-state index in [1.54, 1.807) is 18.5 Å². The number of amides is 1. The van der Waals surface area contributed by atoms with E-state index in [-0.39, 0.29) is 11.9 Å². The monoisotopic (exact) mass is 286 g/mol. The van der Waals surface area contributed by atoms with Gasteiger partial charge in [0.15, 0.2) is 11.5 Å². The first-order valence-corrected chi connectivity index (χ1v) is 7.12. The molecule has 3 heterocycles. The molecule has 3 rings (SSSR count). The van der Waals surface area contributed by atoms with Crippen molar-refractivity contribution >= 4 is 5.91 Å². The van der Waals surface area contributed by atoms with Crippen molar-refractivity contribution in [3.63, 3.8) is 0 Å². The Kier molecular flexibility index (Phi) is 3.96. The van der Waals surface area contributed by atoms with E-state index in [0.29, 0.717) is 11.5 Å². The average Bonchev–Trinajstić information content (AvgIpc) is 3.17. The van der Waals surface area contributed by atoms with E-state index in [2.05, 4.69) is 15.5 Å². The Morgan fingerprint density at radius 1 is 1.48 bits per heavy atom. The number of aromatic nitrogens is 2. The van der Waals surface area contributed by atoms with E-state index in [1.165, 1.54) is 0 Å². The fourth-order valence-electron chi connectivity index (χ4n) is 2.73. The first-order chi connectivity index (χ1) is 10.3. The molecule has 6 nitrogen and oxygen atoms in total. The van der Waals surface area contributed by atoms with Gasteiger partial charge in [-0.25, -0.2) is 0 Å². The summed E-state index contributed by atoms with van der Waals surface area (Å²) in [5.74, 6) is 0.530. The molecule has 0 unspecified atom stereocenters. The number of hydrogen-bond donors (Lipinski definition) is 1. The minimum absolute atomic E-state index is 0.0585. The standard InChI is InChI=1S/C15H18N4O2/c1-16-10-12-3-2-8-19(12)15(20)13-9-14(21-18-13)11-4-6-17-7-5-11/h4-7,9,12,16H,2-3,8,10H2,1H3/t12-/m1/s1. The molecule has 2 aromatic rings. The van der Waals surface area contributed by atoms with Crippen LogP contribution in [0.25, 0.3) is 11.3 Å². The van der Waals surface area contributed by atoms with Gasteiger partial charge in [0.05, 0.1) is 0 Å². The normalized spacial score (nSPS) is 18.1. The highest BCUT2D eigenvalue weighted by Gasteiger charge is 2.30. The van der Waals surface area contributed by atoms with Crippen molar-refractivity contribution in [2.24, 2.45) is 0 Å². The fraction of sp³-hybridized carbons (Fsp3) is 0.400. The van der Waals surface area contributed by atoms with Crippen molar-refractivity contribution in [1.29, 1.82) is 0 Å². The molecule has 2 aromatic heterocycles. The third-order valence-corrected chi connectivity index (χ3v) is 3.77. The van der Waals surface area contributed by atoms with Gasteiger partial charge < -0.3 is 14.7 Å². The highest BCUT2D eigenvalue weighted by Crippen LogP contribution is 2.23. The maximum atomic E-state index is 12.5. The first-order valence-electron chi connectivity index (χ1n) is 7.12. The summed E-state index contributed by atoms with van der Waals surface area (Å²) in [4.78, 5) is 18.4. The minimum atomic E-state index is -0.0585. The number of carbonyl (C=O) groups is 1. The van der Waals surface area contributed by atoms with Crippen LogP contribution in [0.2, 0.25) is 0 Å². The lowest BCUT2D eigenvalue weighted by molar-refractivity contribution is 0.0726. The Hall–Kier alpha value is -2.21. The summed E-state index contributed by atoms with van der Waals surface area (Å²) in [6.45, 7) is 1.59. The quantitative estimate of drug-likeness (QED) is 0.923. The van der Waals surface area contributed by atoms with Crippen LogP contribution in [0.15, 0.2) is 35.1 Å². The highest BCUT2D eigenvalue weighted by atomic mass is 16.5. The molecule has 6 heteroatoms. The van der Waals surface area contributed by atoms with Crippen LogP contribution < -0.4 is 5.32 Å². The summed E-state index contributed by atoms with van der Waals surface area (Å²) >= 11 is 0. The molecule has 1 amide bonds. The van der Waals surface area contributed by atoms with E-state index in [1.807, 2.05) is 24.1 Å². The van der Waals surface area contributed by atoms with Gasteiger partial charge in [-0.05, 0) is 32.0 Å². The van der Waals surface area contributed by atoms with Gasteiger partial charge in [0.25, 0.3) is 5.91 Å². The Balaban J connectivity index is 1.78. The summed E-state index contributed by atoms with van der Waals surface area (Å²) < 4.78 is 5.29. The number of rotatable bonds is 4. The van der Waals surface area contributed by atoms with Gasteiger partial charge in [-0.15, -0.1) is 0 Å². The second-order valence-electron chi connectivity index (χ2n) is 5.16. The van der Waals surface area contributed by atoms with Gasteiger partial charge in [-0.2, -0.15) is 0 Å². The van der Waals surface area contributed by atoms with Gasteiger partial charge in [0.1, 0.15) is 0 Å². The Labute approximate surface area is 123 Å². The van der Waals surface area contributed by atoms with Crippen LogP contribution >= 0.6 is 0 Å². The molecule has 1 atom stereocenters. The molecule has 0 radical (unpaired) electrons. The van der Waals surface area contributed by atoms with E-state index < -0.39 is 0 Å². The predicted molar refractivity (Wildman–Crippen MR) is 77.7 cm³/mol. The van der Waals surface area contributed by atoms with Crippen molar-refractivity contribution in [1.82, 2.24) is 20.4 Å². The van der Waals surface area contributed by atoms with E-state index in [4.69, 9.17) is 4.52 Å². The van der Waals surface area contributed by atoms with Crippen molar-refractivity contribution in [3.8, 4) is 11.3 Å². The third-order valence-electron chi connectivity index (χ3n) is 3.77. The molecule has 1 saturated heterocycles. The Morgan fingerprint density at radius 3 is 3.05 bits per heavy atom. The van der Waals surface area contributed by atoms with Crippen LogP contribution in [0.3, 0.4) is 0 Å². The molecular weight excluding hydrogens is 268 g/mol. The zero-order chi connectivity index (χ0) is 14.7. The van der Waals surface area contributed by atoms with Gasteiger partial charge in [-0.1, -0.05) is 5.16 Å². The van der Waals surface area contributed by atoms with E-state index in [9.17, 15) is 4.79 Å². The summed E-state index contributed by atoms with van der Waals surface area (Å²) in [7, 11) is 1.90. The lowest BCUT2D eigenvalue weighted by Gasteiger charge is -2.23. The van der Waals surface area contributed by atoms with Gasteiger partial charge >= 0.3 is 0 Å². The number of likely N-dealkylation sites (N-methyl/N-ethyl adjacent to an activating group) is 1. The second-order valence-corrected chi connectivity index (χ2v) is 5.16.